The summed E-state index contributed by atoms with van der Waals surface area (Å²) in [5.74, 6) is 0.826. The minimum atomic E-state index is -0.680. The van der Waals surface area contributed by atoms with Gasteiger partial charge in [-0.3, -0.25) is 4.79 Å². The number of aliphatic hydroxyl groups is 3. The number of carbonyl (C=O) groups excluding carboxylic acids is 1. The molecule has 2 saturated carbocycles. The van der Waals surface area contributed by atoms with E-state index in [0.717, 1.165) is 32.1 Å². The number of hydrogen-bond acceptors (Lipinski definition) is 4. The lowest BCUT2D eigenvalue weighted by Gasteiger charge is -2.59. The van der Waals surface area contributed by atoms with Crippen LogP contribution in [0.15, 0.2) is 11.6 Å². The molecule has 0 amide bonds. The zero-order valence-corrected chi connectivity index (χ0v) is 15.2. The lowest BCUT2D eigenvalue weighted by molar-refractivity contribution is -0.151. The summed E-state index contributed by atoms with van der Waals surface area (Å²) in [6.45, 7) is 6.06. The van der Waals surface area contributed by atoms with Crippen LogP contribution in [0.1, 0.15) is 59.3 Å². The standard InChI is InChI=1S/C20H32O4/c1-18(17(24)11-21)8-6-14-13(10-18)4-5-15-19(14,2)9-7-16(23)20(15,3)12-22/h4,14-15,17,21-22,24H,5-12H2,1-3H3/t14-,15+,17?,18+,19+,20-/m1/s1. The fourth-order valence-electron chi connectivity index (χ4n) is 5.99. The fraction of sp³-hybridized carbons (Fsp3) is 0.850. The first-order valence-electron chi connectivity index (χ1n) is 9.33. The normalized spacial score (nSPS) is 46.8. The fourth-order valence-corrected chi connectivity index (χ4v) is 5.99. The molecule has 0 bridgehead atoms. The van der Waals surface area contributed by atoms with Crippen LogP contribution in [0.25, 0.3) is 0 Å². The lowest BCUT2D eigenvalue weighted by Crippen LogP contribution is -2.56. The first-order valence-corrected chi connectivity index (χ1v) is 9.33. The van der Waals surface area contributed by atoms with Gasteiger partial charge in [-0.2, -0.15) is 0 Å². The van der Waals surface area contributed by atoms with Gasteiger partial charge in [0.15, 0.2) is 0 Å². The average molecular weight is 336 g/mol. The van der Waals surface area contributed by atoms with Crippen LogP contribution in [0.4, 0.5) is 0 Å². The highest BCUT2D eigenvalue weighted by Crippen LogP contribution is 2.62. The van der Waals surface area contributed by atoms with Gasteiger partial charge in [0, 0.05) is 6.42 Å². The molecular weight excluding hydrogens is 304 g/mol. The molecule has 0 saturated heterocycles. The molecule has 3 aliphatic rings. The van der Waals surface area contributed by atoms with Gasteiger partial charge < -0.3 is 15.3 Å². The van der Waals surface area contributed by atoms with Crippen molar-refractivity contribution in [3.63, 3.8) is 0 Å². The Labute approximate surface area is 145 Å². The van der Waals surface area contributed by atoms with Gasteiger partial charge in [0.2, 0.25) is 0 Å². The molecular formula is C20H32O4. The molecule has 0 spiro atoms. The quantitative estimate of drug-likeness (QED) is 0.692. The minimum Gasteiger partial charge on any atom is -0.395 e. The van der Waals surface area contributed by atoms with Crippen molar-refractivity contribution in [3.8, 4) is 0 Å². The summed E-state index contributed by atoms with van der Waals surface area (Å²) in [4.78, 5) is 12.5. The Bertz CT molecular complexity index is 556. The highest BCUT2D eigenvalue weighted by molar-refractivity contribution is 5.86. The second-order valence-electron chi connectivity index (χ2n) is 9.19. The van der Waals surface area contributed by atoms with E-state index in [4.69, 9.17) is 0 Å². The average Bonchev–Trinajstić information content (AvgIpc) is 2.57. The Balaban J connectivity index is 1.93. The summed E-state index contributed by atoms with van der Waals surface area (Å²) in [7, 11) is 0. The third-order valence-corrected chi connectivity index (χ3v) is 7.87. The van der Waals surface area contributed by atoms with E-state index in [2.05, 4.69) is 19.9 Å². The molecule has 6 atom stereocenters. The van der Waals surface area contributed by atoms with Crippen LogP contribution in [0.3, 0.4) is 0 Å². The first-order chi connectivity index (χ1) is 11.2. The molecule has 0 aromatic carbocycles. The van der Waals surface area contributed by atoms with E-state index >= 15 is 0 Å². The van der Waals surface area contributed by atoms with Crippen LogP contribution in [-0.4, -0.2) is 40.4 Å². The van der Waals surface area contributed by atoms with E-state index in [1.165, 1.54) is 5.57 Å². The maximum absolute atomic E-state index is 12.5. The molecule has 0 aliphatic heterocycles. The third-order valence-electron chi connectivity index (χ3n) is 7.87. The molecule has 3 aliphatic carbocycles. The Morgan fingerprint density at radius 1 is 1.25 bits per heavy atom. The Morgan fingerprint density at radius 2 is 1.96 bits per heavy atom. The molecule has 2 fully saturated rings. The molecule has 1 unspecified atom stereocenters. The predicted octanol–water partition coefficient (Wildman–Crippen LogP) is 2.46. The minimum absolute atomic E-state index is 0.0426. The van der Waals surface area contributed by atoms with E-state index in [1.807, 2.05) is 6.92 Å². The van der Waals surface area contributed by atoms with Gasteiger partial charge >= 0.3 is 0 Å². The monoisotopic (exact) mass is 336 g/mol. The molecule has 3 N–H and O–H groups in total. The molecule has 0 aromatic rings. The topological polar surface area (TPSA) is 77.8 Å². The summed E-state index contributed by atoms with van der Waals surface area (Å²) in [6.07, 6.45) is 6.58. The highest BCUT2D eigenvalue weighted by atomic mass is 16.3. The van der Waals surface area contributed by atoms with E-state index in [9.17, 15) is 20.1 Å². The van der Waals surface area contributed by atoms with Gasteiger partial charge in [-0.15, -0.1) is 0 Å². The molecule has 0 heterocycles. The van der Waals surface area contributed by atoms with Gasteiger partial charge in [-0.1, -0.05) is 32.4 Å². The van der Waals surface area contributed by atoms with Gasteiger partial charge in [0.05, 0.1) is 24.7 Å². The van der Waals surface area contributed by atoms with Crippen molar-refractivity contribution in [3.05, 3.63) is 11.6 Å². The number of aliphatic hydroxyl groups excluding tert-OH is 3. The Hall–Kier alpha value is -0.710. The van der Waals surface area contributed by atoms with Crippen molar-refractivity contribution in [2.24, 2.45) is 28.1 Å². The van der Waals surface area contributed by atoms with Crippen molar-refractivity contribution in [1.82, 2.24) is 0 Å². The SMILES string of the molecule is C[C@]1(C(O)CO)CC[C@@H]2C(=CC[C@H]3[C@@]2(C)CCC(=O)[C@]3(C)CO)C1. The molecule has 4 nitrogen and oxygen atoms in total. The van der Waals surface area contributed by atoms with Crippen LogP contribution in [0, 0.1) is 28.1 Å². The number of rotatable bonds is 3. The zero-order chi connectivity index (χ0) is 17.8. The van der Waals surface area contributed by atoms with E-state index in [1.54, 1.807) is 0 Å². The molecule has 0 radical (unpaired) electrons. The van der Waals surface area contributed by atoms with Crippen molar-refractivity contribution in [2.45, 2.75) is 65.4 Å². The van der Waals surface area contributed by atoms with Gasteiger partial charge in [-0.05, 0) is 54.8 Å². The highest BCUT2D eigenvalue weighted by Gasteiger charge is 2.58. The predicted molar refractivity (Wildman–Crippen MR) is 92.3 cm³/mol. The maximum atomic E-state index is 12.5. The van der Waals surface area contributed by atoms with Gasteiger partial charge in [0.25, 0.3) is 0 Å². The number of fused-ring (bicyclic) bond motifs is 3. The number of Topliss-reactive ketones (excluding diaryl/α,β-unsaturated/α-hetero) is 1. The molecule has 3 rings (SSSR count). The molecule has 24 heavy (non-hydrogen) atoms. The zero-order valence-electron chi connectivity index (χ0n) is 15.2. The van der Waals surface area contributed by atoms with Crippen molar-refractivity contribution >= 4 is 5.78 Å². The Kier molecular flexibility index (Phi) is 4.47. The van der Waals surface area contributed by atoms with Crippen molar-refractivity contribution < 1.29 is 20.1 Å². The molecule has 4 heteroatoms. The second-order valence-corrected chi connectivity index (χ2v) is 9.19. The summed E-state index contributed by atoms with van der Waals surface area (Å²) < 4.78 is 0. The van der Waals surface area contributed by atoms with Crippen molar-refractivity contribution in [1.29, 1.82) is 0 Å². The van der Waals surface area contributed by atoms with Crippen LogP contribution >= 0.6 is 0 Å². The number of allylic oxidation sites excluding steroid dienone is 2. The van der Waals surface area contributed by atoms with Crippen LogP contribution in [-0.2, 0) is 4.79 Å². The van der Waals surface area contributed by atoms with Crippen LogP contribution in [0.2, 0.25) is 0 Å². The number of ketones is 1. The summed E-state index contributed by atoms with van der Waals surface area (Å²) in [5, 5.41) is 29.6. The van der Waals surface area contributed by atoms with Crippen LogP contribution in [0.5, 0.6) is 0 Å². The van der Waals surface area contributed by atoms with Crippen molar-refractivity contribution in [2.75, 3.05) is 13.2 Å². The first kappa shape index (κ1) is 18.1. The smallest absolute Gasteiger partial charge is 0.141 e. The van der Waals surface area contributed by atoms with E-state index in [0.29, 0.717) is 12.3 Å². The largest absolute Gasteiger partial charge is 0.395 e. The number of carbonyl (C=O) groups is 1. The third kappa shape index (κ3) is 2.41. The van der Waals surface area contributed by atoms with E-state index < -0.39 is 11.5 Å². The lowest BCUT2D eigenvalue weighted by atomic mass is 9.45. The second kappa shape index (κ2) is 5.93. The Morgan fingerprint density at radius 3 is 2.58 bits per heavy atom. The summed E-state index contributed by atoms with van der Waals surface area (Å²) in [6, 6.07) is 0. The molecule has 0 aromatic heterocycles. The molecule has 136 valence electrons. The number of hydrogen-bond donors (Lipinski definition) is 3. The summed E-state index contributed by atoms with van der Waals surface area (Å²) in [5.41, 5.74) is 0.552. The van der Waals surface area contributed by atoms with Gasteiger partial charge in [-0.25, -0.2) is 0 Å². The van der Waals surface area contributed by atoms with Crippen LogP contribution < -0.4 is 0 Å². The maximum Gasteiger partial charge on any atom is 0.141 e. The summed E-state index contributed by atoms with van der Waals surface area (Å²) >= 11 is 0. The van der Waals surface area contributed by atoms with E-state index in [-0.39, 0.29) is 35.7 Å². The van der Waals surface area contributed by atoms with Gasteiger partial charge in [0.1, 0.15) is 5.78 Å².